The maximum Gasteiger partial charge on any atom is 0.321 e. The van der Waals surface area contributed by atoms with Crippen molar-refractivity contribution in [2.75, 3.05) is 51.2 Å². The quantitative estimate of drug-likeness (QED) is 0.428. The number of likely N-dealkylation sites (tertiary alicyclic amines) is 2. The van der Waals surface area contributed by atoms with Gasteiger partial charge in [-0.2, -0.15) is 0 Å². The number of nitrogens with zero attached hydrogens (tertiary/aromatic N) is 3. The predicted octanol–water partition coefficient (Wildman–Crippen LogP) is 3.55. The maximum atomic E-state index is 13.3. The van der Waals surface area contributed by atoms with E-state index < -0.39 is 0 Å². The summed E-state index contributed by atoms with van der Waals surface area (Å²) in [5.74, 6) is 0.561. The van der Waals surface area contributed by atoms with Crippen LogP contribution < -0.4 is 10.6 Å². The van der Waals surface area contributed by atoms with Crippen LogP contribution >= 0.6 is 11.3 Å². The van der Waals surface area contributed by atoms with Crippen molar-refractivity contribution in [1.29, 1.82) is 0 Å². The van der Waals surface area contributed by atoms with Gasteiger partial charge in [0.25, 0.3) is 0 Å². The molecule has 2 fully saturated rings. The Labute approximate surface area is 222 Å². The molecule has 0 saturated carbocycles. The molecule has 0 bridgehead atoms. The highest BCUT2D eigenvalue weighted by Crippen LogP contribution is 2.26. The van der Waals surface area contributed by atoms with E-state index >= 15 is 0 Å². The predicted molar refractivity (Wildman–Crippen MR) is 144 cm³/mol. The van der Waals surface area contributed by atoms with Gasteiger partial charge >= 0.3 is 6.03 Å². The number of halogens is 1. The van der Waals surface area contributed by atoms with Crippen LogP contribution in [0.1, 0.15) is 47.1 Å². The molecule has 2 aliphatic heterocycles. The lowest BCUT2D eigenvalue weighted by atomic mass is 9.87. The lowest BCUT2D eigenvalue weighted by Crippen LogP contribution is -2.56. The van der Waals surface area contributed by atoms with Crippen LogP contribution in [-0.4, -0.2) is 83.6 Å². The molecule has 4 rings (SSSR count). The number of β-amino-alcohol motifs (C(OH)–C–C–N with tert-alkyl or cyclic N) is 1. The van der Waals surface area contributed by atoms with E-state index in [0.717, 1.165) is 45.4 Å². The van der Waals surface area contributed by atoms with Crippen LogP contribution in [0.25, 0.3) is 0 Å². The molecule has 2 aliphatic rings. The number of thiazole rings is 1. The standard InChI is InChI=1S/C27H38FN5O3S/c1-18-25(19(2)35)37-27(29-18)31-26(36)30-24-17-32(12-13-34)11-9-22(24)16-33-10-3-4-21(15-33)14-20-5-7-23(28)8-6-20/h5-8,21-22,24,34H,3-4,9-17H2,1-2H3,(H2,29,30,31,36)/t21?,22-,24-/m0/s1. The van der Waals surface area contributed by atoms with E-state index in [-0.39, 0.29) is 36.2 Å². The zero-order valence-corrected chi connectivity index (χ0v) is 22.5. The Hall–Kier alpha value is -2.40. The number of amides is 2. The molecule has 1 aromatic carbocycles. The number of hydrogen-bond acceptors (Lipinski definition) is 7. The molecule has 2 saturated heterocycles. The summed E-state index contributed by atoms with van der Waals surface area (Å²) in [6, 6.07) is 6.44. The second-order valence-electron chi connectivity index (χ2n) is 10.4. The zero-order chi connectivity index (χ0) is 26.4. The van der Waals surface area contributed by atoms with E-state index in [2.05, 4.69) is 25.4 Å². The molecular formula is C27H38FN5O3S. The van der Waals surface area contributed by atoms with Crippen molar-refractivity contribution in [2.45, 2.75) is 45.6 Å². The van der Waals surface area contributed by atoms with E-state index in [0.29, 0.717) is 34.7 Å². The summed E-state index contributed by atoms with van der Waals surface area (Å²) < 4.78 is 13.3. The summed E-state index contributed by atoms with van der Waals surface area (Å²) in [6.07, 6.45) is 4.19. The molecule has 2 amide bonds. The number of piperidine rings is 2. The molecule has 3 N–H and O–H groups in total. The Balaban J connectivity index is 1.36. The summed E-state index contributed by atoms with van der Waals surface area (Å²) in [5.41, 5.74) is 1.80. The minimum absolute atomic E-state index is 0.0605. The summed E-state index contributed by atoms with van der Waals surface area (Å²) in [5, 5.41) is 15.8. The normalized spacial score (nSPS) is 23.1. The maximum absolute atomic E-state index is 13.3. The molecule has 0 spiro atoms. The third-order valence-corrected chi connectivity index (χ3v) is 8.62. The number of ketones is 1. The lowest BCUT2D eigenvalue weighted by Gasteiger charge is -2.42. The first-order chi connectivity index (χ1) is 17.8. The highest BCUT2D eigenvalue weighted by atomic mass is 32.1. The number of aryl methyl sites for hydroxylation is 1. The fraction of sp³-hybridized carbons (Fsp3) is 0.593. The van der Waals surface area contributed by atoms with Gasteiger partial charge in [-0.25, -0.2) is 14.2 Å². The van der Waals surface area contributed by atoms with Gasteiger partial charge in [-0.3, -0.25) is 15.0 Å². The average molecular weight is 532 g/mol. The monoisotopic (exact) mass is 531 g/mol. The highest BCUT2D eigenvalue weighted by Gasteiger charge is 2.33. The SMILES string of the molecule is CC(=O)c1sc(NC(=O)N[C@H]2CN(CCO)CC[C@H]2CN2CCCC(Cc3ccc(F)cc3)C2)nc1C. The molecule has 1 unspecified atom stereocenters. The number of rotatable bonds is 9. The van der Waals surface area contributed by atoms with Crippen LogP contribution in [-0.2, 0) is 6.42 Å². The molecule has 37 heavy (non-hydrogen) atoms. The van der Waals surface area contributed by atoms with E-state index in [9.17, 15) is 19.1 Å². The van der Waals surface area contributed by atoms with Crippen molar-refractivity contribution < 1.29 is 19.1 Å². The van der Waals surface area contributed by atoms with Crippen molar-refractivity contribution in [3.63, 3.8) is 0 Å². The lowest BCUT2D eigenvalue weighted by molar-refractivity contribution is 0.0814. The third-order valence-electron chi connectivity index (χ3n) is 7.44. The minimum Gasteiger partial charge on any atom is -0.395 e. The Kier molecular flexibility index (Phi) is 9.64. The van der Waals surface area contributed by atoms with Crippen molar-refractivity contribution in [1.82, 2.24) is 20.1 Å². The highest BCUT2D eigenvalue weighted by molar-refractivity contribution is 7.17. The molecule has 2 aromatic rings. The number of anilines is 1. The number of hydrogen-bond donors (Lipinski definition) is 3. The Morgan fingerprint density at radius 1 is 1.16 bits per heavy atom. The molecule has 3 atom stereocenters. The molecule has 10 heteroatoms. The number of carbonyl (C=O) groups excluding carboxylic acids is 2. The number of urea groups is 1. The molecule has 202 valence electrons. The van der Waals surface area contributed by atoms with Crippen LogP contribution in [0, 0.1) is 24.6 Å². The van der Waals surface area contributed by atoms with Gasteiger partial charge in [0.1, 0.15) is 5.82 Å². The van der Waals surface area contributed by atoms with Gasteiger partial charge in [-0.05, 0) is 75.2 Å². The smallest absolute Gasteiger partial charge is 0.321 e. The average Bonchev–Trinajstić information content (AvgIpc) is 3.22. The van der Waals surface area contributed by atoms with Gasteiger partial charge in [0.15, 0.2) is 10.9 Å². The summed E-state index contributed by atoms with van der Waals surface area (Å²) in [7, 11) is 0. The molecular weight excluding hydrogens is 493 g/mol. The van der Waals surface area contributed by atoms with Crippen LogP contribution in [0.15, 0.2) is 24.3 Å². The second-order valence-corrected chi connectivity index (χ2v) is 11.4. The van der Waals surface area contributed by atoms with Gasteiger partial charge in [-0.1, -0.05) is 23.5 Å². The van der Waals surface area contributed by atoms with Crippen LogP contribution in [0.3, 0.4) is 0 Å². The number of aliphatic hydroxyl groups excluding tert-OH is 1. The third kappa shape index (κ3) is 7.80. The number of benzene rings is 1. The number of Topliss-reactive ketones (excluding diaryl/α,β-unsaturated/α-hetero) is 1. The Morgan fingerprint density at radius 3 is 2.65 bits per heavy atom. The molecule has 3 heterocycles. The fourth-order valence-electron chi connectivity index (χ4n) is 5.64. The second kappa shape index (κ2) is 12.9. The Morgan fingerprint density at radius 2 is 1.95 bits per heavy atom. The first kappa shape index (κ1) is 27.6. The van der Waals surface area contributed by atoms with E-state index in [1.807, 2.05) is 12.1 Å². The Bertz CT molecular complexity index is 1060. The van der Waals surface area contributed by atoms with E-state index in [4.69, 9.17) is 0 Å². The number of carbonyl (C=O) groups is 2. The van der Waals surface area contributed by atoms with Crippen LogP contribution in [0.5, 0.6) is 0 Å². The van der Waals surface area contributed by atoms with Crippen molar-refractivity contribution in [3.8, 4) is 0 Å². The van der Waals surface area contributed by atoms with Gasteiger partial charge < -0.3 is 15.3 Å². The number of aromatic nitrogens is 1. The van der Waals surface area contributed by atoms with Gasteiger partial charge in [0.05, 0.1) is 17.2 Å². The van der Waals surface area contributed by atoms with Gasteiger partial charge in [-0.15, -0.1) is 0 Å². The fourth-order valence-corrected chi connectivity index (χ4v) is 6.50. The van der Waals surface area contributed by atoms with E-state index in [1.54, 1.807) is 6.92 Å². The summed E-state index contributed by atoms with van der Waals surface area (Å²) in [6.45, 7) is 8.47. The molecule has 1 aromatic heterocycles. The van der Waals surface area contributed by atoms with Gasteiger partial charge in [0, 0.05) is 39.1 Å². The first-order valence-corrected chi connectivity index (χ1v) is 14.0. The molecule has 0 aliphatic carbocycles. The van der Waals surface area contributed by atoms with Crippen molar-refractivity contribution in [2.24, 2.45) is 11.8 Å². The largest absolute Gasteiger partial charge is 0.395 e. The van der Waals surface area contributed by atoms with Crippen LogP contribution in [0.2, 0.25) is 0 Å². The number of aliphatic hydroxyl groups is 1. The number of nitrogens with one attached hydrogen (secondary N) is 2. The molecule has 8 nitrogen and oxygen atoms in total. The first-order valence-electron chi connectivity index (χ1n) is 13.2. The minimum atomic E-state index is -0.322. The van der Waals surface area contributed by atoms with Crippen molar-refractivity contribution in [3.05, 3.63) is 46.2 Å². The van der Waals surface area contributed by atoms with E-state index in [1.165, 1.54) is 42.4 Å². The summed E-state index contributed by atoms with van der Waals surface area (Å²) >= 11 is 1.19. The topological polar surface area (TPSA) is 97.8 Å². The van der Waals surface area contributed by atoms with Gasteiger partial charge in [0.2, 0.25) is 0 Å². The van der Waals surface area contributed by atoms with Crippen molar-refractivity contribution >= 4 is 28.3 Å². The zero-order valence-electron chi connectivity index (χ0n) is 21.7. The van der Waals surface area contributed by atoms with Crippen LogP contribution in [0.4, 0.5) is 14.3 Å². The molecule has 0 radical (unpaired) electrons. The summed E-state index contributed by atoms with van der Waals surface area (Å²) in [4.78, 5) is 34.2.